The average molecular weight is 676 g/mol. The lowest BCUT2D eigenvalue weighted by Crippen LogP contribution is -2.15. The second kappa shape index (κ2) is 11.0. The molecule has 1 aliphatic heterocycles. The Kier molecular flexibility index (Phi) is 6.08. The molecule has 0 fully saturated rings. The molecule has 0 radical (unpaired) electrons. The number of para-hydroxylation sites is 4. The summed E-state index contributed by atoms with van der Waals surface area (Å²) in [4.78, 5) is 14.1. The zero-order valence-corrected chi connectivity index (χ0v) is 27.7. The van der Waals surface area contributed by atoms with Gasteiger partial charge >= 0.3 is 0 Å². The monoisotopic (exact) mass is 675 g/mol. The van der Waals surface area contributed by atoms with Gasteiger partial charge < -0.3 is 18.2 Å². The first-order chi connectivity index (χ1) is 25.2. The van der Waals surface area contributed by atoms with Crippen LogP contribution >= 0.6 is 11.8 Å². The van der Waals surface area contributed by atoms with Gasteiger partial charge in [0.1, 0.15) is 22.2 Å². The molecule has 0 bridgehead atoms. The van der Waals surface area contributed by atoms with Gasteiger partial charge in [-0.1, -0.05) is 72.4 Å². The van der Waals surface area contributed by atoms with E-state index in [4.69, 9.17) is 23.2 Å². The molecule has 0 saturated heterocycles. The summed E-state index contributed by atoms with van der Waals surface area (Å²) in [6.07, 6.45) is 0. The quantitative estimate of drug-likeness (QED) is 0.184. The Morgan fingerprint density at radius 1 is 0.412 bits per heavy atom. The number of anilines is 3. The molecule has 0 atom stereocenters. The van der Waals surface area contributed by atoms with E-state index in [1.807, 2.05) is 54.6 Å². The van der Waals surface area contributed by atoms with Gasteiger partial charge in [0, 0.05) is 43.4 Å². The molecular weight excluding hydrogens is 651 g/mol. The number of hydrogen-bond donors (Lipinski definition) is 0. The average Bonchev–Trinajstić information content (AvgIpc) is 3.91. The van der Waals surface area contributed by atoms with Crippen molar-refractivity contribution in [3.63, 3.8) is 0 Å². The molecular formula is C44H25N3O3S. The normalized spacial score (nSPS) is 12.6. The predicted octanol–water partition coefficient (Wildman–Crippen LogP) is 12.8. The van der Waals surface area contributed by atoms with Crippen LogP contribution in [0.2, 0.25) is 0 Å². The zero-order chi connectivity index (χ0) is 33.5. The first-order valence-corrected chi connectivity index (χ1v) is 17.5. The molecule has 6 nitrogen and oxygen atoms in total. The van der Waals surface area contributed by atoms with Crippen LogP contribution in [-0.2, 0) is 0 Å². The number of fused-ring (bicyclic) bond motifs is 7. The Bertz CT molecular complexity index is 2910. The van der Waals surface area contributed by atoms with Gasteiger partial charge in [0.2, 0.25) is 11.8 Å². The summed E-state index contributed by atoms with van der Waals surface area (Å²) in [5, 5.41) is 2.17. The van der Waals surface area contributed by atoms with Crippen LogP contribution in [0.3, 0.4) is 0 Å². The maximum absolute atomic E-state index is 6.58. The van der Waals surface area contributed by atoms with Crippen LogP contribution in [0.4, 0.5) is 17.1 Å². The fourth-order valence-corrected chi connectivity index (χ4v) is 8.14. The fraction of sp³-hybridized carbons (Fsp3) is 0. The van der Waals surface area contributed by atoms with E-state index in [0.717, 1.165) is 93.2 Å². The van der Waals surface area contributed by atoms with Crippen LogP contribution in [0.15, 0.2) is 175 Å². The lowest BCUT2D eigenvalue weighted by atomic mass is 10.0. The largest absolute Gasteiger partial charge is 0.456 e. The Labute approximate surface area is 295 Å². The van der Waals surface area contributed by atoms with Gasteiger partial charge in [-0.25, -0.2) is 9.97 Å². The Hall–Kier alpha value is -6.57. The molecule has 7 aromatic carbocycles. The Balaban J connectivity index is 1.07. The minimum Gasteiger partial charge on any atom is -0.456 e. The number of aromatic nitrogens is 2. The number of oxazole rings is 2. The second-order valence-electron chi connectivity index (χ2n) is 12.6. The molecule has 0 aliphatic carbocycles. The first-order valence-electron chi connectivity index (χ1n) is 16.7. The summed E-state index contributed by atoms with van der Waals surface area (Å²) >= 11 is 1.73. The van der Waals surface area contributed by atoms with Crippen molar-refractivity contribution in [1.29, 1.82) is 0 Å². The first kappa shape index (κ1) is 28.3. The number of furan rings is 1. The highest BCUT2D eigenvalue weighted by Crippen LogP contribution is 2.53. The van der Waals surface area contributed by atoms with E-state index in [0.29, 0.717) is 11.8 Å². The molecule has 51 heavy (non-hydrogen) atoms. The van der Waals surface area contributed by atoms with E-state index in [1.54, 1.807) is 11.8 Å². The van der Waals surface area contributed by atoms with Crippen molar-refractivity contribution in [2.75, 3.05) is 4.90 Å². The van der Waals surface area contributed by atoms with Crippen LogP contribution < -0.4 is 4.90 Å². The van der Waals surface area contributed by atoms with E-state index in [9.17, 15) is 0 Å². The molecule has 0 N–H and O–H groups in total. The summed E-state index contributed by atoms with van der Waals surface area (Å²) in [7, 11) is 0. The molecule has 0 amide bonds. The minimum absolute atomic E-state index is 0.586. The molecule has 4 heterocycles. The molecule has 0 unspecified atom stereocenters. The van der Waals surface area contributed by atoms with Crippen LogP contribution in [0.1, 0.15) is 0 Å². The van der Waals surface area contributed by atoms with Crippen molar-refractivity contribution < 1.29 is 13.3 Å². The Morgan fingerprint density at radius 2 is 1.04 bits per heavy atom. The van der Waals surface area contributed by atoms with Crippen molar-refractivity contribution in [3.8, 4) is 34.0 Å². The van der Waals surface area contributed by atoms with Gasteiger partial charge in [-0.2, -0.15) is 0 Å². The standard InChI is InChI=1S/C44H25N3O3S/c1-2-8-26(9-3-1)27-14-18-31-32-19-17-30(25-40(32)48-39(31)23-27)47-35-20-15-29(44-46-34-11-5-7-13-38(34)50-44)24-42(35)51-41-21-16-28(22-36(41)47)43-45-33-10-4-6-12-37(33)49-43/h1-25H. The highest BCUT2D eigenvalue weighted by Gasteiger charge is 2.28. The lowest BCUT2D eigenvalue weighted by Gasteiger charge is -2.33. The fourth-order valence-electron chi connectivity index (χ4n) is 7.06. The van der Waals surface area contributed by atoms with E-state index in [-0.39, 0.29) is 0 Å². The maximum atomic E-state index is 6.58. The summed E-state index contributed by atoms with van der Waals surface area (Å²) in [5.41, 5.74) is 12.1. The minimum atomic E-state index is 0.586. The third-order valence-corrected chi connectivity index (χ3v) is 10.6. The van der Waals surface area contributed by atoms with Crippen molar-refractivity contribution in [2.45, 2.75) is 9.79 Å². The van der Waals surface area contributed by atoms with Gasteiger partial charge in [-0.05, 0) is 96.1 Å². The van der Waals surface area contributed by atoms with E-state index < -0.39 is 0 Å². The number of hydrogen-bond acceptors (Lipinski definition) is 7. The number of benzene rings is 7. The van der Waals surface area contributed by atoms with E-state index in [1.165, 1.54) is 0 Å². The highest BCUT2D eigenvalue weighted by atomic mass is 32.2. The van der Waals surface area contributed by atoms with Gasteiger partial charge in [-0.3, -0.25) is 0 Å². The second-order valence-corrected chi connectivity index (χ2v) is 13.7. The van der Waals surface area contributed by atoms with Crippen LogP contribution in [-0.4, -0.2) is 9.97 Å². The topological polar surface area (TPSA) is 68.4 Å². The summed E-state index contributed by atoms with van der Waals surface area (Å²) in [6, 6.07) is 51.8. The third kappa shape index (κ3) is 4.59. The van der Waals surface area contributed by atoms with Crippen molar-refractivity contribution in [1.82, 2.24) is 9.97 Å². The van der Waals surface area contributed by atoms with Crippen molar-refractivity contribution in [3.05, 3.63) is 152 Å². The van der Waals surface area contributed by atoms with Crippen LogP contribution in [0, 0.1) is 0 Å². The molecule has 0 spiro atoms. The smallest absolute Gasteiger partial charge is 0.227 e. The van der Waals surface area contributed by atoms with Gasteiger partial charge in [0.15, 0.2) is 11.2 Å². The van der Waals surface area contributed by atoms with Crippen molar-refractivity contribution in [2.24, 2.45) is 0 Å². The molecule has 0 saturated carbocycles. The molecule has 3 aromatic heterocycles. The van der Waals surface area contributed by atoms with Crippen LogP contribution in [0.5, 0.6) is 0 Å². The molecule has 7 heteroatoms. The van der Waals surface area contributed by atoms with Gasteiger partial charge in [0.05, 0.1) is 11.4 Å². The summed E-state index contributed by atoms with van der Waals surface area (Å²) in [6.45, 7) is 0. The molecule has 10 aromatic rings. The molecule has 240 valence electrons. The van der Waals surface area contributed by atoms with E-state index in [2.05, 4.69) is 102 Å². The van der Waals surface area contributed by atoms with Crippen LogP contribution in [0.25, 0.3) is 78.2 Å². The van der Waals surface area contributed by atoms with Gasteiger partial charge in [0.25, 0.3) is 0 Å². The third-order valence-electron chi connectivity index (χ3n) is 9.52. The summed E-state index contributed by atoms with van der Waals surface area (Å²) in [5.74, 6) is 1.19. The van der Waals surface area contributed by atoms with E-state index >= 15 is 0 Å². The van der Waals surface area contributed by atoms with Gasteiger partial charge in [-0.15, -0.1) is 0 Å². The predicted molar refractivity (Wildman–Crippen MR) is 204 cm³/mol. The SMILES string of the molecule is c1ccc(-c2ccc3c(c2)oc2cc(N4c5ccc(-c6nc7ccccc7o6)cc5Sc5ccc(-c6nc7ccccc7o6)cc54)ccc23)cc1. The highest BCUT2D eigenvalue weighted by molar-refractivity contribution is 7.99. The number of nitrogens with zero attached hydrogens (tertiary/aromatic N) is 3. The lowest BCUT2D eigenvalue weighted by molar-refractivity contribution is 0.619. The molecule has 11 rings (SSSR count). The summed E-state index contributed by atoms with van der Waals surface area (Å²) < 4.78 is 19.0. The Morgan fingerprint density at radius 3 is 1.78 bits per heavy atom. The zero-order valence-electron chi connectivity index (χ0n) is 26.9. The molecule has 1 aliphatic rings. The maximum Gasteiger partial charge on any atom is 0.227 e. The number of rotatable bonds is 4. The van der Waals surface area contributed by atoms with Crippen molar-refractivity contribution >= 4 is 73.0 Å².